The van der Waals surface area contributed by atoms with Gasteiger partial charge >= 0.3 is 0 Å². The quantitative estimate of drug-likeness (QED) is 0.460. The van der Waals surface area contributed by atoms with Gasteiger partial charge in [0.2, 0.25) is 5.95 Å². The Morgan fingerprint density at radius 2 is 1.75 bits per heavy atom. The zero-order chi connectivity index (χ0) is 24.5. The lowest BCUT2D eigenvalue weighted by molar-refractivity contribution is 0.0973. The molecule has 0 amide bonds. The van der Waals surface area contributed by atoms with E-state index in [4.69, 9.17) is 24.4 Å². The fraction of sp³-hybridized carbons (Fsp3) is 0.407. The molecule has 9 heteroatoms. The summed E-state index contributed by atoms with van der Waals surface area (Å²) in [7, 11) is 0. The van der Waals surface area contributed by atoms with Gasteiger partial charge in [0, 0.05) is 37.5 Å². The van der Waals surface area contributed by atoms with Crippen LogP contribution in [0.15, 0.2) is 48.8 Å². The summed E-state index contributed by atoms with van der Waals surface area (Å²) in [6.07, 6.45) is 4.38. The van der Waals surface area contributed by atoms with E-state index in [9.17, 15) is 0 Å². The SMILES string of the molecule is C[C@H]1COCCN1c1nc(N2CCOC[C@@H]2C)c2ccc(-c3cccc(Cc4ncc[nH]4)c3)nc2n1. The van der Waals surface area contributed by atoms with Gasteiger partial charge in [0.25, 0.3) is 0 Å². The zero-order valence-corrected chi connectivity index (χ0v) is 20.7. The molecule has 6 rings (SSSR count). The van der Waals surface area contributed by atoms with Crippen LogP contribution in [-0.2, 0) is 15.9 Å². The molecule has 1 N–H and O–H groups in total. The Labute approximate surface area is 210 Å². The lowest BCUT2D eigenvalue weighted by Crippen LogP contribution is -2.46. The minimum atomic E-state index is 0.202. The second-order valence-corrected chi connectivity index (χ2v) is 9.56. The van der Waals surface area contributed by atoms with E-state index in [0.29, 0.717) is 38.0 Å². The number of anilines is 2. The Kier molecular flexibility index (Phi) is 6.25. The van der Waals surface area contributed by atoms with E-state index in [1.807, 2.05) is 6.20 Å². The minimum absolute atomic E-state index is 0.202. The van der Waals surface area contributed by atoms with E-state index >= 15 is 0 Å². The van der Waals surface area contributed by atoms with Crippen LogP contribution < -0.4 is 9.80 Å². The van der Waals surface area contributed by atoms with Crippen molar-refractivity contribution in [3.05, 3.63) is 60.2 Å². The molecule has 2 aliphatic rings. The fourth-order valence-electron chi connectivity index (χ4n) is 4.99. The Morgan fingerprint density at radius 1 is 0.944 bits per heavy atom. The molecule has 1 aromatic carbocycles. The first-order valence-electron chi connectivity index (χ1n) is 12.6. The maximum Gasteiger partial charge on any atom is 0.229 e. The summed E-state index contributed by atoms with van der Waals surface area (Å²) in [5.41, 5.74) is 3.84. The highest BCUT2D eigenvalue weighted by Gasteiger charge is 2.27. The first kappa shape index (κ1) is 22.9. The smallest absolute Gasteiger partial charge is 0.229 e. The Balaban J connectivity index is 1.43. The molecule has 5 heterocycles. The summed E-state index contributed by atoms with van der Waals surface area (Å²) in [5.74, 6) is 2.58. The summed E-state index contributed by atoms with van der Waals surface area (Å²) in [6, 6.07) is 13.1. The number of aromatic amines is 1. The number of fused-ring (bicyclic) bond motifs is 1. The molecule has 0 saturated carbocycles. The van der Waals surface area contributed by atoms with Crippen LogP contribution in [0.2, 0.25) is 0 Å². The van der Waals surface area contributed by atoms with Gasteiger partial charge in [-0.25, -0.2) is 9.97 Å². The molecule has 2 saturated heterocycles. The normalized spacial score (nSPS) is 20.7. The minimum Gasteiger partial charge on any atom is -0.377 e. The Hall–Kier alpha value is -3.56. The molecule has 36 heavy (non-hydrogen) atoms. The molecule has 0 aliphatic carbocycles. The maximum atomic E-state index is 5.70. The number of aromatic nitrogens is 5. The van der Waals surface area contributed by atoms with Crippen LogP contribution in [0.25, 0.3) is 22.3 Å². The summed E-state index contributed by atoms with van der Waals surface area (Å²) >= 11 is 0. The largest absolute Gasteiger partial charge is 0.377 e. The third-order valence-corrected chi connectivity index (χ3v) is 6.94. The maximum absolute atomic E-state index is 5.70. The van der Waals surface area contributed by atoms with Gasteiger partial charge in [-0.05, 0) is 37.6 Å². The number of ether oxygens (including phenoxy) is 2. The van der Waals surface area contributed by atoms with Crippen LogP contribution in [0.3, 0.4) is 0 Å². The molecule has 3 aromatic heterocycles. The van der Waals surface area contributed by atoms with Gasteiger partial charge in [0.1, 0.15) is 11.6 Å². The number of benzene rings is 1. The molecule has 0 unspecified atom stereocenters. The number of imidazole rings is 1. The molecule has 0 radical (unpaired) electrons. The highest BCUT2D eigenvalue weighted by atomic mass is 16.5. The molecule has 9 nitrogen and oxygen atoms in total. The van der Waals surface area contributed by atoms with Crippen molar-refractivity contribution in [3.8, 4) is 11.3 Å². The van der Waals surface area contributed by atoms with E-state index in [1.54, 1.807) is 6.20 Å². The van der Waals surface area contributed by atoms with E-state index in [-0.39, 0.29) is 12.1 Å². The predicted molar refractivity (Wildman–Crippen MR) is 139 cm³/mol. The first-order valence-corrected chi connectivity index (χ1v) is 12.6. The number of nitrogens with one attached hydrogen (secondary N) is 1. The Morgan fingerprint density at radius 3 is 2.50 bits per heavy atom. The van der Waals surface area contributed by atoms with E-state index in [1.165, 1.54) is 5.56 Å². The van der Waals surface area contributed by atoms with Gasteiger partial charge in [-0.2, -0.15) is 9.97 Å². The first-order chi connectivity index (χ1) is 17.7. The number of rotatable bonds is 5. The third-order valence-electron chi connectivity index (χ3n) is 6.94. The molecule has 0 bridgehead atoms. The number of H-pyrrole nitrogens is 1. The molecule has 186 valence electrons. The highest BCUT2D eigenvalue weighted by molar-refractivity contribution is 5.90. The number of pyridine rings is 1. The van der Waals surface area contributed by atoms with Crippen molar-refractivity contribution >= 4 is 22.8 Å². The highest BCUT2D eigenvalue weighted by Crippen LogP contribution is 2.31. The van der Waals surface area contributed by atoms with Crippen LogP contribution in [-0.4, -0.2) is 76.5 Å². The monoisotopic (exact) mass is 485 g/mol. The second kappa shape index (κ2) is 9.83. The van der Waals surface area contributed by atoms with E-state index < -0.39 is 0 Å². The molecule has 2 aliphatic heterocycles. The molecular weight excluding hydrogens is 454 g/mol. The number of hydrogen-bond donors (Lipinski definition) is 1. The van der Waals surface area contributed by atoms with Crippen molar-refractivity contribution in [2.24, 2.45) is 0 Å². The summed E-state index contributed by atoms with van der Waals surface area (Å²) in [5, 5.41) is 0.962. The van der Waals surface area contributed by atoms with Crippen molar-refractivity contribution in [1.29, 1.82) is 0 Å². The van der Waals surface area contributed by atoms with Crippen molar-refractivity contribution in [2.45, 2.75) is 32.4 Å². The predicted octanol–water partition coefficient (Wildman–Crippen LogP) is 3.46. The van der Waals surface area contributed by atoms with Crippen LogP contribution in [0.5, 0.6) is 0 Å². The van der Waals surface area contributed by atoms with E-state index in [0.717, 1.165) is 47.8 Å². The second-order valence-electron chi connectivity index (χ2n) is 9.56. The number of nitrogens with zero attached hydrogens (tertiary/aromatic N) is 6. The summed E-state index contributed by atoms with van der Waals surface area (Å²) < 4.78 is 11.4. The molecule has 2 fully saturated rings. The van der Waals surface area contributed by atoms with Gasteiger partial charge in [-0.3, -0.25) is 0 Å². The van der Waals surface area contributed by atoms with Crippen molar-refractivity contribution in [2.75, 3.05) is 49.3 Å². The summed E-state index contributed by atoms with van der Waals surface area (Å²) in [4.78, 5) is 27.2. The van der Waals surface area contributed by atoms with E-state index in [2.05, 4.69) is 70.0 Å². The van der Waals surface area contributed by atoms with Crippen LogP contribution in [0.4, 0.5) is 11.8 Å². The average molecular weight is 486 g/mol. The number of hydrogen-bond acceptors (Lipinski definition) is 8. The zero-order valence-electron chi connectivity index (χ0n) is 20.7. The van der Waals surface area contributed by atoms with Gasteiger partial charge in [-0.1, -0.05) is 18.2 Å². The number of morpholine rings is 2. The lowest BCUT2D eigenvalue weighted by Gasteiger charge is -2.37. The molecule has 0 spiro atoms. The lowest BCUT2D eigenvalue weighted by atomic mass is 10.0. The van der Waals surface area contributed by atoms with Gasteiger partial charge < -0.3 is 24.3 Å². The molecule has 4 aromatic rings. The van der Waals surface area contributed by atoms with Gasteiger partial charge in [-0.15, -0.1) is 0 Å². The molecular formula is C27H31N7O2. The summed E-state index contributed by atoms with van der Waals surface area (Å²) in [6.45, 7) is 8.59. The van der Waals surface area contributed by atoms with Gasteiger partial charge in [0.15, 0.2) is 5.65 Å². The third kappa shape index (κ3) is 4.52. The van der Waals surface area contributed by atoms with Crippen LogP contribution in [0, 0.1) is 0 Å². The van der Waals surface area contributed by atoms with Crippen LogP contribution in [0.1, 0.15) is 25.2 Å². The topological polar surface area (TPSA) is 92.3 Å². The van der Waals surface area contributed by atoms with Crippen LogP contribution >= 0.6 is 0 Å². The van der Waals surface area contributed by atoms with Crippen molar-refractivity contribution < 1.29 is 9.47 Å². The Bertz CT molecular complexity index is 1340. The molecule has 2 atom stereocenters. The fourth-order valence-corrected chi connectivity index (χ4v) is 4.99. The van der Waals surface area contributed by atoms with Crippen molar-refractivity contribution in [1.82, 2.24) is 24.9 Å². The average Bonchev–Trinajstić information content (AvgIpc) is 3.41. The standard InChI is InChI=1S/C27H31N7O2/c1-18-16-35-12-10-33(18)26-22-6-7-23(21-5-3-4-20(14-21)15-24-28-8-9-29-24)30-25(22)31-27(32-26)34-11-13-36-17-19(34)2/h3-9,14,18-19H,10-13,15-17H2,1-2H3,(H,28,29)/t18-,19-/m0/s1. The van der Waals surface area contributed by atoms with Gasteiger partial charge in [0.05, 0.1) is 49.6 Å². The van der Waals surface area contributed by atoms with Crippen molar-refractivity contribution in [3.63, 3.8) is 0 Å².